The summed E-state index contributed by atoms with van der Waals surface area (Å²) in [6, 6.07) is 3.90. The molecule has 1 atom stereocenters. The summed E-state index contributed by atoms with van der Waals surface area (Å²) < 4.78 is 3.00. The Morgan fingerprint density at radius 3 is 3.00 bits per heavy atom. The largest absolute Gasteiger partial charge is 0.318 e. The summed E-state index contributed by atoms with van der Waals surface area (Å²) in [5, 5.41) is 6.25. The van der Waals surface area contributed by atoms with E-state index < -0.39 is 0 Å². The predicted molar refractivity (Wildman–Crippen MR) is 66.0 cm³/mol. The van der Waals surface area contributed by atoms with Crippen LogP contribution in [-0.4, -0.2) is 9.78 Å². The minimum absolute atomic E-state index is 0.0955. The van der Waals surface area contributed by atoms with E-state index in [4.69, 9.17) is 5.73 Å². The lowest BCUT2D eigenvalue weighted by Gasteiger charge is -2.12. The zero-order valence-electron chi connectivity index (χ0n) is 8.35. The lowest BCUT2D eigenvalue weighted by molar-refractivity contribution is 0.603. The molecule has 15 heavy (non-hydrogen) atoms. The van der Waals surface area contributed by atoms with Crippen LogP contribution >= 0.6 is 27.3 Å². The second kappa shape index (κ2) is 4.47. The normalized spacial score (nSPS) is 13.0. The van der Waals surface area contributed by atoms with Gasteiger partial charge in [-0.2, -0.15) is 5.10 Å². The fraction of sp³-hybridized carbons (Fsp3) is 0.300. The van der Waals surface area contributed by atoms with Crippen LogP contribution in [0.15, 0.2) is 28.2 Å². The topological polar surface area (TPSA) is 43.8 Å². The van der Waals surface area contributed by atoms with Gasteiger partial charge in [-0.1, -0.05) is 0 Å². The van der Waals surface area contributed by atoms with E-state index in [0.717, 1.165) is 21.6 Å². The van der Waals surface area contributed by atoms with E-state index in [0.29, 0.717) is 0 Å². The molecule has 2 rings (SSSR count). The van der Waals surface area contributed by atoms with Gasteiger partial charge in [0, 0.05) is 22.1 Å². The molecule has 0 aromatic carbocycles. The zero-order valence-corrected chi connectivity index (χ0v) is 10.8. The van der Waals surface area contributed by atoms with Crippen LogP contribution in [0.1, 0.15) is 23.5 Å². The third kappa shape index (κ3) is 2.00. The molecular weight excluding hydrogens is 274 g/mol. The maximum Gasteiger partial charge on any atom is 0.0828 e. The highest BCUT2D eigenvalue weighted by Crippen LogP contribution is 2.31. The fourth-order valence-electron chi connectivity index (χ4n) is 1.53. The maximum absolute atomic E-state index is 6.20. The smallest absolute Gasteiger partial charge is 0.0828 e. The van der Waals surface area contributed by atoms with Crippen LogP contribution < -0.4 is 5.73 Å². The molecular formula is C10H12BrN3S. The summed E-state index contributed by atoms with van der Waals surface area (Å²) >= 11 is 5.16. The van der Waals surface area contributed by atoms with Gasteiger partial charge in [-0.3, -0.25) is 4.68 Å². The van der Waals surface area contributed by atoms with Crippen LogP contribution in [0.3, 0.4) is 0 Å². The number of nitrogens with two attached hydrogens (primary N) is 1. The van der Waals surface area contributed by atoms with Crippen molar-refractivity contribution in [3.05, 3.63) is 38.8 Å². The van der Waals surface area contributed by atoms with Gasteiger partial charge in [0.25, 0.3) is 0 Å². The van der Waals surface area contributed by atoms with Crippen molar-refractivity contribution in [2.24, 2.45) is 5.73 Å². The van der Waals surface area contributed by atoms with Crippen LogP contribution in [0.4, 0.5) is 0 Å². The Hall–Kier alpha value is -0.650. The fourth-order valence-corrected chi connectivity index (χ4v) is 3.17. The first-order valence-electron chi connectivity index (χ1n) is 4.74. The van der Waals surface area contributed by atoms with Crippen LogP contribution in [0, 0.1) is 0 Å². The summed E-state index contributed by atoms with van der Waals surface area (Å²) in [6.45, 7) is 2.91. The van der Waals surface area contributed by atoms with Crippen molar-refractivity contribution in [2.75, 3.05) is 0 Å². The molecule has 2 aromatic heterocycles. The molecule has 0 fully saturated rings. The Kier molecular flexibility index (Phi) is 3.23. The van der Waals surface area contributed by atoms with Gasteiger partial charge >= 0.3 is 0 Å². The molecule has 2 heterocycles. The molecule has 2 aromatic rings. The third-order valence-corrected chi connectivity index (χ3v) is 4.25. The minimum Gasteiger partial charge on any atom is -0.318 e. The van der Waals surface area contributed by atoms with Crippen LogP contribution in [0.2, 0.25) is 0 Å². The number of rotatable bonds is 3. The summed E-state index contributed by atoms with van der Waals surface area (Å²) in [7, 11) is 0. The lowest BCUT2D eigenvalue weighted by atomic mass is 10.2. The van der Waals surface area contributed by atoms with E-state index in [9.17, 15) is 0 Å². The second-order valence-electron chi connectivity index (χ2n) is 3.18. The van der Waals surface area contributed by atoms with Crippen molar-refractivity contribution in [1.29, 1.82) is 0 Å². The molecule has 80 valence electrons. The van der Waals surface area contributed by atoms with Crippen molar-refractivity contribution in [3.63, 3.8) is 0 Å². The molecule has 0 aliphatic rings. The van der Waals surface area contributed by atoms with E-state index >= 15 is 0 Å². The van der Waals surface area contributed by atoms with E-state index in [1.165, 1.54) is 0 Å². The highest BCUT2D eigenvalue weighted by atomic mass is 79.9. The first kappa shape index (κ1) is 10.9. The average Bonchev–Trinajstić information content (AvgIpc) is 2.84. The van der Waals surface area contributed by atoms with Gasteiger partial charge in [0.05, 0.1) is 11.7 Å². The number of halogens is 1. The van der Waals surface area contributed by atoms with E-state index in [1.807, 2.05) is 22.2 Å². The molecule has 0 radical (unpaired) electrons. The predicted octanol–water partition coefficient (Wildman–Crippen LogP) is 2.78. The van der Waals surface area contributed by atoms with E-state index in [2.05, 4.69) is 28.0 Å². The van der Waals surface area contributed by atoms with Crippen LogP contribution in [-0.2, 0) is 6.54 Å². The van der Waals surface area contributed by atoms with Crippen molar-refractivity contribution in [1.82, 2.24) is 9.78 Å². The third-order valence-electron chi connectivity index (χ3n) is 2.29. The number of hydrogen-bond donors (Lipinski definition) is 1. The van der Waals surface area contributed by atoms with Gasteiger partial charge in [0.15, 0.2) is 0 Å². The van der Waals surface area contributed by atoms with Crippen molar-refractivity contribution < 1.29 is 0 Å². The summed E-state index contributed by atoms with van der Waals surface area (Å²) in [4.78, 5) is 1.14. The van der Waals surface area contributed by atoms with Gasteiger partial charge in [-0.05, 0) is 40.4 Å². The van der Waals surface area contributed by atoms with Crippen LogP contribution in [0.25, 0.3) is 0 Å². The number of aryl methyl sites for hydroxylation is 1. The van der Waals surface area contributed by atoms with Crippen LogP contribution in [0.5, 0.6) is 0 Å². The Morgan fingerprint density at radius 1 is 1.60 bits per heavy atom. The molecule has 0 spiro atoms. The van der Waals surface area contributed by atoms with Gasteiger partial charge in [0.2, 0.25) is 0 Å². The Labute approximate surface area is 101 Å². The molecule has 2 N–H and O–H groups in total. The van der Waals surface area contributed by atoms with Crippen molar-refractivity contribution in [2.45, 2.75) is 19.5 Å². The highest BCUT2D eigenvalue weighted by Gasteiger charge is 2.16. The summed E-state index contributed by atoms with van der Waals surface area (Å²) in [5.74, 6) is 0. The SMILES string of the molecule is CCn1nccc1C(N)c1sccc1Br. The Morgan fingerprint density at radius 2 is 2.40 bits per heavy atom. The first-order valence-corrected chi connectivity index (χ1v) is 6.41. The molecule has 5 heteroatoms. The number of hydrogen-bond acceptors (Lipinski definition) is 3. The standard InChI is InChI=1S/C10H12BrN3S/c1-2-14-8(3-5-13-14)9(12)10-7(11)4-6-15-10/h3-6,9H,2,12H2,1H3. The van der Waals surface area contributed by atoms with Gasteiger partial charge in [-0.15, -0.1) is 11.3 Å². The molecule has 0 amide bonds. The molecule has 1 unspecified atom stereocenters. The highest BCUT2D eigenvalue weighted by molar-refractivity contribution is 9.10. The molecule has 0 bridgehead atoms. The number of aromatic nitrogens is 2. The molecule has 0 saturated carbocycles. The summed E-state index contributed by atoms with van der Waals surface area (Å²) in [5.41, 5.74) is 7.26. The second-order valence-corrected chi connectivity index (χ2v) is 4.98. The van der Waals surface area contributed by atoms with Crippen molar-refractivity contribution in [3.8, 4) is 0 Å². The Balaban J connectivity index is 2.36. The number of thiophene rings is 1. The Bertz CT molecular complexity index is 449. The molecule has 0 saturated heterocycles. The van der Waals surface area contributed by atoms with Gasteiger partial charge in [-0.25, -0.2) is 0 Å². The minimum atomic E-state index is -0.0955. The lowest BCUT2D eigenvalue weighted by Crippen LogP contribution is -2.16. The first-order chi connectivity index (χ1) is 7.24. The monoisotopic (exact) mass is 285 g/mol. The quantitative estimate of drug-likeness (QED) is 0.943. The maximum atomic E-state index is 6.20. The van der Waals surface area contributed by atoms with E-state index in [1.54, 1.807) is 17.5 Å². The van der Waals surface area contributed by atoms with Gasteiger partial charge < -0.3 is 5.73 Å². The van der Waals surface area contributed by atoms with Gasteiger partial charge in [0.1, 0.15) is 0 Å². The van der Waals surface area contributed by atoms with Crippen molar-refractivity contribution >= 4 is 27.3 Å². The zero-order chi connectivity index (χ0) is 10.8. The molecule has 0 aliphatic carbocycles. The molecule has 3 nitrogen and oxygen atoms in total. The average molecular weight is 286 g/mol. The summed E-state index contributed by atoms with van der Waals surface area (Å²) in [6.07, 6.45) is 1.79. The number of nitrogens with zero attached hydrogens (tertiary/aromatic N) is 2. The van der Waals surface area contributed by atoms with E-state index in [-0.39, 0.29) is 6.04 Å². The molecule has 0 aliphatic heterocycles.